The first kappa shape index (κ1) is 23.9. The summed E-state index contributed by atoms with van der Waals surface area (Å²) in [5, 5.41) is 5.44. The molecule has 2 amide bonds. The van der Waals surface area contributed by atoms with E-state index in [0.29, 0.717) is 19.3 Å². The summed E-state index contributed by atoms with van der Waals surface area (Å²) < 4.78 is 4.87. The number of ether oxygens (including phenoxy) is 1. The molecule has 0 spiro atoms. The Morgan fingerprint density at radius 2 is 1.69 bits per heavy atom. The summed E-state index contributed by atoms with van der Waals surface area (Å²) in [6.45, 7) is 3.95. The molecule has 6 nitrogen and oxygen atoms in total. The van der Waals surface area contributed by atoms with E-state index in [9.17, 15) is 14.4 Å². The zero-order chi connectivity index (χ0) is 23.1. The van der Waals surface area contributed by atoms with Crippen LogP contribution in [0.5, 0.6) is 0 Å². The highest BCUT2D eigenvalue weighted by molar-refractivity contribution is 8.01. The molecule has 0 bridgehead atoms. The van der Waals surface area contributed by atoms with Gasteiger partial charge in [0.25, 0.3) is 0 Å². The number of amides is 2. The van der Waals surface area contributed by atoms with Gasteiger partial charge in [0.05, 0.1) is 12.4 Å². The van der Waals surface area contributed by atoms with Gasteiger partial charge in [-0.25, -0.2) is 4.79 Å². The van der Waals surface area contributed by atoms with E-state index < -0.39 is 24.0 Å². The lowest BCUT2D eigenvalue weighted by Crippen LogP contribution is -2.54. The number of hydrogen-bond acceptors (Lipinski definition) is 5. The van der Waals surface area contributed by atoms with Crippen LogP contribution in [0, 0.1) is 5.92 Å². The largest absolute Gasteiger partial charge is 0.467 e. The van der Waals surface area contributed by atoms with Gasteiger partial charge in [0.1, 0.15) is 12.1 Å². The Hall–Kier alpha value is -2.80. The molecule has 32 heavy (non-hydrogen) atoms. The first-order valence-corrected chi connectivity index (χ1v) is 11.7. The fourth-order valence-corrected chi connectivity index (χ4v) is 4.96. The van der Waals surface area contributed by atoms with E-state index >= 15 is 0 Å². The maximum absolute atomic E-state index is 13.2. The number of carbonyl (C=O) groups is 3. The van der Waals surface area contributed by atoms with Crippen molar-refractivity contribution in [1.82, 2.24) is 10.6 Å². The molecule has 0 radical (unpaired) electrons. The molecule has 0 aliphatic carbocycles. The second kappa shape index (κ2) is 11.2. The molecule has 0 saturated carbocycles. The van der Waals surface area contributed by atoms with Crippen molar-refractivity contribution in [3.8, 4) is 0 Å². The molecule has 0 fully saturated rings. The van der Waals surface area contributed by atoms with Gasteiger partial charge >= 0.3 is 5.97 Å². The highest BCUT2D eigenvalue weighted by atomic mass is 32.2. The van der Waals surface area contributed by atoms with Crippen molar-refractivity contribution in [3.63, 3.8) is 0 Å². The molecule has 1 unspecified atom stereocenters. The zero-order valence-corrected chi connectivity index (χ0v) is 19.5. The molecule has 3 rings (SSSR count). The van der Waals surface area contributed by atoms with Gasteiger partial charge in [-0.2, -0.15) is 0 Å². The van der Waals surface area contributed by atoms with Crippen LogP contribution in [0.2, 0.25) is 0 Å². The smallest absolute Gasteiger partial charge is 0.328 e. The second-order valence-corrected chi connectivity index (χ2v) is 9.63. The van der Waals surface area contributed by atoms with Crippen LogP contribution in [-0.2, 0) is 32.0 Å². The Balaban J connectivity index is 1.73. The van der Waals surface area contributed by atoms with E-state index in [4.69, 9.17) is 4.74 Å². The molecule has 0 saturated heterocycles. The van der Waals surface area contributed by atoms with Crippen LogP contribution >= 0.6 is 11.8 Å². The third kappa shape index (κ3) is 6.36. The van der Waals surface area contributed by atoms with Crippen molar-refractivity contribution in [3.05, 3.63) is 65.7 Å². The predicted molar refractivity (Wildman–Crippen MR) is 125 cm³/mol. The quantitative estimate of drug-likeness (QED) is 0.569. The SMILES string of the molecule is COC(=O)[C@H](CC(C)C)NC(=O)[C@H](Cc1ccccc1)NC(=O)C1Cc2ccccc2S1. The van der Waals surface area contributed by atoms with Gasteiger partial charge in [-0.15, -0.1) is 11.8 Å². The van der Waals surface area contributed by atoms with Crippen molar-refractivity contribution >= 4 is 29.5 Å². The molecule has 2 aromatic rings. The number of thioether (sulfide) groups is 1. The number of esters is 1. The molecule has 2 N–H and O–H groups in total. The summed E-state index contributed by atoms with van der Waals surface area (Å²) >= 11 is 1.52. The van der Waals surface area contributed by atoms with Gasteiger partial charge in [0.2, 0.25) is 11.8 Å². The van der Waals surface area contributed by atoms with Crippen LogP contribution in [0.1, 0.15) is 31.4 Å². The lowest BCUT2D eigenvalue weighted by molar-refractivity contribution is -0.145. The molecule has 0 aromatic heterocycles. The Bertz CT molecular complexity index is 923. The van der Waals surface area contributed by atoms with E-state index in [2.05, 4.69) is 10.6 Å². The van der Waals surface area contributed by atoms with Crippen LogP contribution < -0.4 is 10.6 Å². The van der Waals surface area contributed by atoms with Crippen LogP contribution in [0.3, 0.4) is 0 Å². The van der Waals surface area contributed by atoms with Gasteiger partial charge in [0, 0.05) is 11.3 Å². The Morgan fingerprint density at radius 1 is 1.00 bits per heavy atom. The maximum atomic E-state index is 13.2. The molecule has 170 valence electrons. The average molecular weight is 455 g/mol. The van der Waals surface area contributed by atoms with Crippen LogP contribution in [0.15, 0.2) is 59.5 Å². The number of methoxy groups -OCH3 is 1. The van der Waals surface area contributed by atoms with Crippen molar-refractivity contribution < 1.29 is 19.1 Å². The van der Waals surface area contributed by atoms with Crippen molar-refractivity contribution in [1.29, 1.82) is 0 Å². The Kier molecular flexibility index (Phi) is 8.33. The molecule has 1 heterocycles. The van der Waals surface area contributed by atoms with Crippen LogP contribution in [0.25, 0.3) is 0 Å². The summed E-state index contributed by atoms with van der Waals surface area (Å²) in [5.41, 5.74) is 2.07. The fourth-order valence-electron chi connectivity index (χ4n) is 3.75. The number of carbonyl (C=O) groups excluding carboxylic acids is 3. The van der Waals surface area contributed by atoms with Gasteiger partial charge in [-0.3, -0.25) is 9.59 Å². The monoisotopic (exact) mass is 454 g/mol. The third-order valence-corrected chi connectivity index (χ3v) is 6.68. The summed E-state index contributed by atoms with van der Waals surface area (Å²) in [6, 6.07) is 15.9. The van der Waals surface area contributed by atoms with Crippen molar-refractivity contribution in [2.45, 2.75) is 55.3 Å². The van der Waals surface area contributed by atoms with E-state index in [1.165, 1.54) is 18.9 Å². The lowest BCUT2D eigenvalue weighted by atomic mass is 10.0. The van der Waals surface area contributed by atoms with Gasteiger partial charge in [0.15, 0.2) is 0 Å². The number of benzene rings is 2. The first-order chi connectivity index (χ1) is 15.4. The second-order valence-electron chi connectivity index (χ2n) is 8.38. The molecular weight excluding hydrogens is 424 g/mol. The number of fused-ring (bicyclic) bond motifs is 1. The molecule has 1 aliphatic rings. The predicted octanol–water partition coefficient (Wildman–Crippen LogP) is 3.13. The van der Waals surface area contributed by atoms with Gasteiger partial charge < -0.3 is 15.4 Å². The third-order valence-electron chi connectivity index (χ3n) is 5.36. The maximum Gasteiger partial charge on any atom is 0.328 e. The topological polar surface area (TPSA) is 84.5 Å². The summed E-state index contributed by atoms with van der Waals surface area (Å²) in [4.78, 5) is 39.5. The van der Waals surface area contributed by atoms with E-state index in [1.807, 2.05) is 68.4 Å². The standard InChI is InChI=1S/C25H30N2O4S/c1-16(2)13-20(25(30)31-3)27-23(28)19(14-17-9-5-4-6-10-17)26-24(29)22-15-18-11-7-8-12-21(18)32-22/h4-12,16,19-20,22H,13-15H2,1-3H3,(H,26,29)(H,27,28)/t19-,20-,22?/m0/s1. The van der Waals surface area contributed by atoms with Gasteiger partial charge in [-0.1, -0.05) is 62.4 Å². The summed E-state index contributed by atoms with van der Waals surface area (Å²) in [7, 11) is 1.31. The number of nitrogens with one attached hydrogen (secondary N) is 2. The van der Waals surface area contributed by atoms with Crippen LogP contribution in [-0.4, -0.2) is 42.2 Å². The van der Waals surface area contributed by atoms with Crippen LogP contribution in [0.4, 0.5) is 0 Å². The number of hydrogen-bond donors (Lipinski definition) is 2. The van der Waals surface area contributed by atoms with Crippen molar-refractivity contribution in [2.75, 3.05) is 7.11 Å². The Labute approximate surface area is 193 Å². The fraction of sp³-hybridized carbons (Fsp3) is 0.400. The summed E-state index contributed by atoms with van der Waals surface area (Å²) in [6.07, 6.45) is 1.42. The summed E-state index contributed by atoms with van der Waals surface area (Å²) in [5.74, 6) is -0.867. The molecule has 7 heteroatoms. The number of rotatable bonds is 9. The average Bonchev–Trinajstić information content (AvgIpc) is 3.22. The minimum atomic E-state index is -0.798. The minimum absolute atomic E-state index is 0.180. The molecular formula is C25H30N2O4S. The van der Waals surface area contributed by atoms with E-state index in [1.54, 1.807) is 0 Å². The zero-order valence-electron chi connectivity index (χ0n) is 18.7. The highest BCUT2D eigenvalue weighted by Gasteiger charge is 2.32. The Morgan fingerprint density at radius 3 is 2.34 bits per heavy atom. The lowest BCUT2D eigenvalue weighted by Gasteiger charge is -2.24. The minimum Gasteiger partial charge on any atom is -0.467 e. The highest BCUT2D eigenvalue weighted by Crippen LogP contribution is 2.36. The normalized spacial score (nSPS) is 16.7. The molecule has 2 aromatic carbocycles. The molecule has 3 atom stereocenters. The van der Waals surface area contributed by atoms with E-state index in [-0.39, 0.29) is 17.1 Å². The van der Waals surface area contributed by atoms with Gasteiger partial charge in [-0.05, 0) is 36.0 Å². The van der Waals surface area contributed by atoms with E-state index in [0.717, 1.165) is 16.0 Å². The van der Waals surface area contributed by atoms with Crippen molar-refractivity contribution in [2.24, 2.45) is 5.92 Å². The first-order valence-electron chi connectivity index (χ1n) is 10.8. The molecule has 1 aliphatic heterocycles.